The zero-order valence-corrected chi connectivity index (χ0v) is 16.8. The SMILES string of the molecule is CC12c3ccccc3C(c3ccccc31)C1C(=O)N(c3ccccc3[NH+]([O-])O)C(=O)C12. The van der Waals surface area contributed by atoms with Gasteiger partial charge in [-0.25, -0.2) is 10.1 Å². The molecule has 3 aliphatic carbocycles. The molecule has 2 N–H and O–H groups in total. The molecule has 1 fully saturated rings. The molecule has 2 amide bonds. The summed E-state index contributed by atoms with van der Waals surface area (Å²) >= 11 is 0. The van der Waals surface area contributed by atoms with Gasteiger partial charge in [0.05, 0.1) is 11.8 Å². The van der Waals surface area contributed by atoms with Gasteiger partial charge in [-0.2, -0.15) is 5.23 Å². The number of hydrogen-bond acceptors (Lipinski definition) is 4. The molecule has 0 spiro atoms. The van der Waals surface area contributed by atoms with E-state index in [0.717, 1.165) is 27.2 Å². The molecule has 3 atom stereocenters. The second-order valence-corrected chi connectivity index (χ2v) is 8.69. The molecule has 31 heavy (non-hydrogen) atoms. The molecule has 3 aromatic carbocycles. The second-order valence-electron chi connectivity index (χ2n) is 8.69. The van der Waals surface area contributed by atoms with Crippen molar-refractivity contribution in [3.05, 3.63) is 100 Å². The topological polar surface area (TPSA) is 85.1 Å². The predicted molar refractivity (Wildman–Crippen MR) is 113 cm³/mol. The number of nitrogens with zero attached hydrogens (tertiary/aromatic N) is 1. The number of benzene rings is 3. The van der Waals surface area contributed by atoms with E-state index in [1.807, 2.05) is 24.3 Å². The Labute approximate surface area is 178 Å². The fourth-order valence-corrected chi connectivity index (χ4v) is 6.24. The molecule has 1 heterocycles. The minimum atomic E-state index is -1.16. The van der Waals surface area contributed by atoms with Gasteiger partial charge in [-0.3, -0.25) is 9.59 Å². The van der Waals surface area contributed by atoms with Crippen LogP contribution in [0, 0.1) is 17.0 Å². The summed E-state index contributed by atoms with van der Waals surface area (Å²) in [5.41, 5.74) is 3.76. The molecule has 0 saturated carbocycles. The van der Waals surface area contributed by atoms with Crippen molar-refractivity contribution in [1.29, 1.82) is 0 Å². The number of quaternary nitrogens is 1. The first-order chi connectivity index (χ1) is 15.0. The Morgan fingerprint density at radius 3 is 2.03 bits per heavy atom. The first-order valence-electron chi connectivity index (χ1n) is 10.3. The van der Waals surface area contributed by atoms with E-state index in [2.05, 4.69) is 31.2 Å². The average Bonchev–Trinajstić information content (AvgIpc) is 3.05. The number of amides is 2. The normalized spacial score (nSPS) is 28.9. The number of carbonyl (C=O) groups is 2. The third-order valence-electron chi connectivity index (χ3n) is 7.42. The van der Waals surface area contributed by atoms with Gasteiger partial charge >= 0.3 is 0 Å². The van der Waals surface area contributed by atoms with Gasteiger partial charge in [-0.1, -0.05) is 67.6 Å². The minimum absolute atomic E-state index is 0.0459. The van der Waals surface area contributed by atoms with Gasteiger partial charge in [0.25, 0.3) is 0 Å². The fraction of sp³-hybridized carbons (Fsp3) is 0.200. The zero-order valence-electron chi connectivity index (χ0n) is 16.8. The molecule has 6 heteroatoms. The van der Waals surface area contributed by atoms with Gasteiger partial charge < -0.3 is 5.21 Å². The van der Waals surface area contributed by atoms with Crippen LogP contribution >= 0.6 is 0 Å². The van der Waals surface area contributed by atoms with Crippen molar-refractivity contribution in [2.45, 2.75) is 18.3 Å². The number of rotatable bonds is 2. The van der Waals surface area contributed by atoms with Crippen LogP contribution in [0.3, 0.4) is 0 Å². The lowest BCUT2D eigenvalue weighted by molar-refractivity contribution is -0.990. The lowest BCUT2D eigenvalue weighted by atomic mass is 9.48. The highest BCUT2D eigenvalue weighted by Crippen LogP contribution is 2.64. The summed E-state index contributed by atoms with van der Waals surface area (Å²) in [5, 5.41) is 20.3. The van der Waals surface area contributed by atoms with Crippen molar-refractivity contribution in [3.8, 4) is 0 Å². The van der Waals surface area contributed by atoms with E-state index >= 15 is 0 Å². The summed E-state index contributed by atoms with van der Waals surface area (Å²) in [6, 6.07) is 22.3. The Morgan fingerprint density at radius 2 is 1.42 bits per heavy atom. The molecule has 1 aliphatic heterocycles. The van der Waals surface area contributed by atoms with Crippen molar-refractivity contribution >= 4 is 23.2 Å². The van der Waals surface area contributed by atoms with E-state index in [1.54, 1.807) is 18.2 Å². The van der Waals surface area contributed by atoms with Gasteiger partial charge in [0.2, 0.25) is 11.8 Å². The molecule has 3 unspecified atom stereocenters. The third kappa shape index (κ3) is 2.11. The van der Waals surface area contributed by atoms with E-state index in [4.69, 9.17) is 0 Å². The Hall–Kier alpha value is -3.32. The summed E-state index contributed by atoms with van der Waals surface area (Å²) < 4.78 is 0. The van der Waals surface area contributed by atoms with Crippen LogP contribution in [0.15, 0.2) is 72.8 Å². The van der Waals surface area contributed by atoms with E-state index in [9.17, 15) is 20.0 Å². The molecule has 1 saturated heterocycles. The predicted octanol–water partition coefficient (Wildman–Crippen LogP) is 2.66. The molecule has 2 bridgehead atoms. The maximum Gasteiger partial charge on any atom is 0.239 e. The maximum absolute atomic E-state index is 13.9. The first kappa shape index (κ1) is 18.4. The summed E-state index contributed by atoms with van der Waals surface area (Å²) in [4.78, 5) is 28.8. The van der Waals surface area contributed by atoms with Crippen LogP contribution in [-0.4, -0.2) is 17.0 Å². The lowest BCUT2D eigenvalue weighted by Gasteiger charge is -2.52. The largest absolute Gasteiger partial charge is 0.595 e. The van der Waals surface area contributed by atoms with Gasteiger partial charge in [0, 0.05) is 17.4 Å². The van der Waals surface area contributed by atoms with Crippen LogP contribution in [0.1, 0.15) is 35.1 Å². The molecule has 4 aliphatic rings. The average molecular weight is 412 g/mol. The molecule has 3 aromatic rings. The quantitative estimate of drug-likeness (QED) is 0.501. The van der Waals surface area contributed by atoms with Crippen LogP contribution in [0.4, 0.5) is 11.4 Å². The van der Waals surface area contributed by atoms with Crippen LogP contribution in [0.25, 0.3) is 0 Å². The minimum Gasteiger partial charge on any atom is -0.595 e. The number of imide groups is 1. The van der Waals surface area contributed by atoms with Crippen molar-refractivity contribution in [2.24, 2.45) is 11.8 Å². The van der Waals surface area contributed by atoms with Crippen LogP contribution in [0.5, 0.6) is 0 Å². The van der Waals surface area contributed by atoms with E-state index < -0.39 is 22.5 Å². The number of anilines is 1. The van der Waals surface area contributed by atoms with Gasteiger partial charge in [0.1, 0.15) is 5.69 Å². The summed E-state index contributed by atoms with van der Waals surface area (Å²) in [7, 11) is 0. The molecule has 154 valence electrons. The van der Waals surface area contributed by atoms with Crippen molar-refractivity contribution in [2.75, 3.05) is 4.90 Å². The molecule has 6 nitrogen and oxygen atoms in total. The van der Waals surface area contributed by atoms with Gasteiger partial charge in [0.15, 0.2) is 5.69 Å². The van der Waals surface area contributed by atoms with Crippen LogP contribution in [0.2, 0.25) is 0 Å². The molecule has 0 aromatic heterocycles. The Balaban J connectivity index is 1.61. The van der Waals surface area contributed by atoms with E-state index in [1.165, 1.54) is 6.07 Å². The Kier molecular flexibility index (Phi) is 3.63. The molecule has 7 rings (SSSR count). The summed E-state index contributed by atoms with van der Waals surface area (Å²) in [5.74, 6) is -1.98. The highest BCUT2D eigenvalue weighted by atomic mass is 16.8. The Morgan fingerprint density at radius 1 is 0.871 bits per heavy atom. The standard InChI is InChI=1S/C25H20N2O4/c1-25-16-10-4-2-8-14(16)20(15-9-3-5-11-17(15)25)21-22(25)24(29)26(23(21)28)18-12-6-7-13-19(18)27(30)31/h2-13,20-22,27,30H,1H3. The summed E-state index contributed by atoms with van der Waals surface area (Å²) in [6.45, 7) is 2.05. The van der Waals surface area contributed by atoms with Crippen LogP contribution < -0.4 is 10.1 Å². The van der Waals surface area contributed by atoms with Crippen LogP contribution in [-0.2, 0) is 15.0 Å². The highest BCUT2D eigenvalue weighted by Gasteiger charge is 2.66. The number of hydrogen-bond donors (Lipinski definition) is 2. The number of carbonyl (C=O) groups excluding carboxylic acids is 2. The smallest absolute Gasteiger partial charge is 0.239 e. The van der Waals surface area contributed by atoms with Crippen molar-refractivity contribution in [1.82, 2.24) is 0 Å². The highest BCUT2D eigenvalue weighted by molar-refractivity contribution is 6.24. The number of para-hydroxylation sites is 2. The molecular formula is C25H20N2O4. The second kappa shape index (κ2) is 6.11. The Bertz CT molecular complexity index is 1220. The van der Waals surface area contributed by atoms with Gasteiger partial charge in [-0.15, -0.1) is 0 Å². The monoisotopic (exact) mass is 412 g/mol. The van der Waals surface area contributed by atoms with E-state index in [-0.39, 0.29) is 29.1 Å². The maximum atomic E-state index is 13.9. The summed E-state index contributed by atoms with van der Waals surface area (Å²) in [6.07, 6.45) is 0. The molecule has 0 radical (unpaired) electrons. The molecular weight excluding hydrogens is 392 g/mol. The first-order valence-corrected chi connectivity index (χ1v) is 10.3. The number of nitrogens with one attached hydrogen (secondary N) is 1. The zero-order chi connectivity index (χ0) is 21.5. The van der Waals surface area contributed by atoms with Crippen molar-refractivity contribution < 1.29 is 20.0 Å². The van der Waals surface area contributed by atoms with Crippen molar-refractivity contribution in [3.63, 3.8) is 0 Å². The fourth-order valence-electron chi connectivity index (χ4n) is 6.24. The third-order valence-corrected chi connectivity index (χ3v) is 7.42. The van der Waals surface area contributed by atoms with Gasteiger partial charge in [-0.05, 0) is 28.3 Å². The van der Waals surface area contributed by atoms with E-state index in [0.29, 0.717) is 0 Å². The lowest BCUT2D eigenvalue weighted by Crippen LogP contribution is -2.99.